The number of nitrogens with zero attached hydrogens (tertiary/aromatic N) is 3. The summed E-state index contributed by atoms with van der Waals surface area (Å²) in [5.74, 6) is 0.928. The van der Waals surface area contributed by atoms with Crippen LogP contribution in [-0.2, 0) is 22.7 Å². The molecule has 1 heterocycles. The lowest BCUT2D eigenvalue weighted by Crippen LogP contribution is -2.43. The number of fused-ring (bicyclic) bond motifs is 5. The van der Waals surface area contributed by atoms with Crippen molar-refractivity contribution in [3.05, 3.63) is 47.5 Å². The first-order chi connectivity index (χ1) is 14.5. The Labute approximate surface area is 178 Å². The van der Waals surface area contributed by atoms with Gasteiger partial charge in [-0.1, -0.05) is 36.4 Å². The molecule has 4 unspecified atom stereocenters. The molecule has 2 N–H and O–H groups in total. The van der Waals surface area contributed by atoms with Crippen molar-refractivity contribution >= 4 is 17.8 Å². The second-order valence-electron chi connectivity index (χ2n) is 8.69. The van der Waals surface area contributed by atoms with Crippen LogP contribution in [0.5, 0.6) is 0 Å². The highest BCUT2D eigenvalue weighted by molar-refractivity contribution is 6.06. The Morgan fingerprint density at radius 1 is 1.07 bits per heavy atom. The number of carbonyl (C=O) groups is 2. The Bertz CT molecular complexity index is 848. The molecule has 4 atom stereocenters. The summed E-state index contributed by atoms with van der Waals surface area (Å²) in [5.41, 5.74) is 2.49. The highest BCUT2D eigenvalue weighted by Gasteiger charge is 2.58. The first-order valence-corrected chi connectivity index (χ1v) is 10.7. The van der Waals surface area contributed by atoms with Crippen molar-refractivity contribution in [2.24, 2.45) is 28.7 Å². The van der Waals surface area contributed by atoms with Gasteiger partial charge in [0, 0.05) is 33.2 Å². The highest BCUT2D eigenvalue weighted by Crippen LogP contribution is 2.52. The number of benzene rings is 1. The number of likely N-dealkylation sites (tertiary alicyclic amines) is 1. The van der Waals surface area contributed by atoms with Gasteiger partial charge in [-0.15, -0.1) is 0 Å². The van der Waals surface area contributed by atoms with Gasteiger partial charge in [-0.05, 0) is 43.5 Å². The van der Waals surface area contributed by atoms with Crippen molar-refractivity contribution in [3.63, 3.8) is 0 Å². The predicted octanol–water partition coefficient (Wildman–Crippen LogP) is 1.22. The number of aliphatic imine (C=N–C) groups is 1. The van der Waals surface area contributed by atoms with E-state index in [0.29, 0.717) is 25.6 Å². The maximum absolute atomic E-state index is 12.8. The molecule has 7 nitrogen and oxygen atoms in total. The Morgan fingerprint density at radius 3 is 2.30 bits per heavy atom. The third-order valence-corrected chi connectivity index (χ3v) is 6.46. The third-order valence-electron chi connectivity index (χ3n) is 6.46. The number of hydrogen-bond acceptors (Lipinski definition) is 4. The molecular weight excluding hydrogens is 378 g/mol. The lowest BCUT2D eigenvalue weighted by atomic mass is 9.85. The molecule has 160 valence electrons. The zero-order valence-corrected chi connectivity index (χ0v) is 18.0. The van der Waals surface area contributed by atoms with E-state index >= 15 is 0 Å². The lowest BCUT2D eigenvalue weighted by molar-refractivity contribution is -0.140. The fraction of sp³-hybridized carbons (Fsp3) is 0.522. The van der Waals surface area contributed by atoms with E-state index in [4.69, 9.17) is 0 Å². The van der Waals surface area contributed by atoms with Crippen molar-refractivity contribution in [3.8, 4) is 0 Å². The van der Waals surface area contributed by atoms with Crippen LogP contribution in [0.1, 0.15) is 17.5 Å². The number of allylic oxidation sites excluding steroid dienone is 2. The molecule has 4 rings (SSSR count). The van der Waals surface area contributed by atoms with E-state index in [0.717, 1.165) is 13.0 Å². The number of imide groups is 1. The van der Waals surface area contributed by atoms with Crippen molar-refractivity contribution < 1.29 is 9.59 Å². The Kier molecular flexibility index (Phi) is 5.90. The van der Waals surface area contributed by atoms with Crippen LogP contribution < -0.4 is 10.6 Å². The maximum Gasteiger partial charge on any atom is 0.233 e. The molecule has 0 aromatic heterocycles. The maximum atomic E-state index is 12.8. The molecular formula is C23H31N5O2. The van der Waals surface area contributed by atoms with E-state index in [1.54, 1.807) is 7.05 Å². The van der Waals surface area contributed by atoms with E-state index < -0.39 is 0 Å². The Balaban J connectivity index is 1.28. The molecule has 1 aliphatic heterocycles. The molecule has 7 heteroatoms. The van der Waals surface area contributed by atoms with Gasteiger partial charge in [0.05, 0.1) is 11.8 Å². The summed E-state index contributed by atoms with van der Waals surface area (Å²) in [4.78, 5) is 33.4. The average molecular weight is 410 g/mol. The Morgan fingerprint density at radius 2 is 1.70 bits per heavy atom. The van der Waals surface area contributed by atoms with Crippen molar-refractivity contribution in [2.45, 2.75) is 19.5 Å². The second kappa shape index (κ2) is 8.60. The minimum absolute atomic E-state index is 0.00390. The van der Waals surface area contributed by atoms with Crippen LogP contribution in [0.15, 0.2) is 41.4 Å². The molecule has 2 aliphatic carbocycles. The molecule has 1 aromatic carbocycles. The first-order valence-electron chi connectivity index (χ1n) is 10.7. The van der Waals surface area contributed by atoms with Crippen LogP contribution in [0.3, 0.4) is 0 Å². The van der Waals surface area contributed by atoms with Gasteiger partial charge in [-0.25, -0.2) is 0 Å². The molecule has 0 spiro atoms. The predicted molar refractivity (Wildman–Crippen MR) is 116 cm³/mol. The minimum atomic E-state index is -0.127. The van der Waals surface area contributed by atoms with Gasteiger partial charge in [-0.2, -0.15) is 0 Å². The molecule has 2 bridgehead atoms. The van der Waals surface area contributed by atoms with Crippen LogP contribution in [0.25, 0.3) is 0 Å². The largest absolute Gasteiger partial charge is 0.355 e. The van der Waals surface area contributed by atoms with Crippen LogP contribution in [-0.4, -0.2) is 61.8 Å². The van der Waals surface area contributed by atoms with E-state index in [-0.39, 0.29) is 35.5 Å². The topological polar surface area (TPSA) is 77.0 Å². The van der Waals surface area contributed by atoms with Crippen LogP contribution >= 0.6 is 0 Å². The minimum Gasteiger partial charge on any atom is -0.355 e. The van der Waals surface area contributed by atoms with Crippen LogP contribution in [0.2, 0.25) is 0 Å². The van der Waals surface area contributed by atoms with Crippen LogP contribution in [0, 0.1) is 23.7 Å². The van der Waals surface area contributed by atoms with Gasteiger partial charge in [0.1, 0.15) is 0 Å². The number of hydrogen-bond donors (Lipinski definition) is 2. The van der Waals surface area contributed by atoms with Gasteiger partial charge in [-0.3, -0.25) is 19.5 Å². The summed E-state index contributed by atoms with van der Waals surface area (Å²) in [6, 6.07) is 8.34. The molecule has 1 saturated carbocycles. The fourth-order valence-corrected chi connectivity index (χ4v) is 5.10. The monoisotopic (exact) mass is 409 g/mol. The van der Waals surface area contributed by atoms with Crippen molar-refractivity contribution in [1.82, 2.24) is 20.4 Å². The second-order valence-corrected chi connectivity index (χ2v) is 8.69. The average Bonchev–Trinajstić information content (AvgIpc) is 3.40. The summed E-state index contributed by atoms with van der Waals surface area (Å²) in [5, 5.41) is 6.57. The molecule has 2 amide bonds. The summed E-state index contributed by atoms with van der Waals surface area (Å²) in [7, 11) is 5.84. The lowest BCUT2D eigenvalue weighted by Gasteiger charge is -2.19. The van der Waals surface area contributed by atoms with E-state index in [1.165, 1.54) is 16.0 Å². The van der Waals surface area contributed by atoms with Crippen molar-refractivity contribution in [2.75, 3.05) is 34.2 Å². The van der Waals surface area contributed by atoms with Gasteiger partial charge in [0.25, 0.3) is 0 Å². The van der Waals surface area contributed by atoms with Gasteiger partial charge < -0.3 is 15.5 Å². The summed E-state index contributed by atoms with van der Waals surface area (Å²) < 4.78 is 0. The third kappa shape index (κ3) is 3.86. The zero-order chi connectivity index (χ0) is 21.3. The fourth-order valence-electron chi connectivity index (χ4n) is 5.10. The standard InChI is InChI=1S/C23H31N5O2/c1-24-23(26-13-17-6-4-5-7-18(17)14-27(2)3)25-10-11-28-21(29)19-15-8-9-16(12-15)20(19)22(28)30/h4-9,15-16,19-20H,10-14H2,1-3H3,(H2,24,25,26). The van der Waals surface area contributed by atoms with Gasteiger partial charge in [0.2, 0.25) is 11.8 Å². The molecule has 0 radical (unpaired) electrons. The van der Waals surface area contributed by atoms with Crippen molar-refractivity contribution in [1.29, 1.82) is 0 Å². The number of nitrogens with one attached hydrogen (secondary N) is 2. The molecule has 1 aromatic rings. The normalized spacial score (nSPS) is 27.3. The van der Waals surface area contributed by atoms with Gasteiger partial charge >= 0.3 is 0 Å². The van der Waals surface area contributed by atoms with E-state index in [2.05, 4.69) is 65.0 Å². The molecule has 1 saturated heterocycles. The number of rotatable bonds is 7. The summed E-state index contributed by atoms with van der Waals surface area (Å²) in [6.07, 6.45) is 5.21. The van der Waals surface area contributed by atoms with Crippen LogP contribution in [0.4, 0.5) is 0 Å². The smallest absolute Gasteiger partial charge is 0.233 e. The van der Waals surface area contributed by atoms with E-state index in [1.807, 2.05) is 6.07 Å². The quantitative estimate of drug-likeness (QED) is 0.307. The zero-order valence-electron chi connectivity index (χ0n) is 18.0. The van der Waals surface area contributed by atoms with Gasteiger partial charge in [0.15, 0.2) is 5.96 Å². The highest BCUT2D eigenvalue weighted by atomic mass is 16.2. The SMILES string of the molecule is CN=C(NCCN1C(=O)C2C3C=CC(C3)C2C1=O)NCc1ccccc1CN(C)C. The first kappa shape index (κ1) is 20.6. The van der Waals surface area contributed by atoms with E-state index in [9.17, 15) is 9.59 Å². The number of carbonyl (C=O) groups excluding carboxylic acids is 2. The molecule has 2 fully saturated rings. The Hall–Kier alpha value is -2.67. The molecule has 3 aliphatic rings. The molecule has 30 heavy (non-hydrogen) atoms. The number of guanidine groups is 1. The summed E-state index contributed by atoms with van der Waals surface area (Å²) in [6.45, 7) is 2.40. The summed E-state index contributed by atoms with van der Waals surface area (Å²) >= 11 is 0. The number of amides is 2.